The van der Waals surface area contributed by atoms with E-state index in [9.17, 15) is 14.4 Å². The van der Waals surface area contributed by atoms with Gasteiger partial charge in [-0.15, -0.1) is 0 Å². The summed E-state index contributed by atoms with van der Waals surface area (Å²) in [6.07, 6.45) is 0.191. The number of carboxylic acid groups (broad SMARTS) is 1. The first-order chi connectivity index (χ1) is 9.81. The van der Waals surface area contributed by atoms with Crippen LogP contribution < -0.4 is 10.6 Å². The van der Waals surface area contributed by atoms with Gasteiger partial charge in [-0.2, -0.15) is 0 Å². The zero-order chi connectivity index (χ0) is 16.0. The van der Waals surface area contributed by atoms with E-state index in [1.54, 1.807) is 14.1 Å². The highest BCUT2D eigenvalue weighted by molar-refractivity contribution is 9.10. The molecule has 1 rings (SSSR count). The molecule has 1 aromatic carbocycles. The highest BCUT2D eigenvalue weighted by Gasteiger charge is 2.10. The predicted molar refractivity (Wildman–Crippen MR) is 81.4 cm³/mol. The molecule has 0 saturated heterocycles. The predicted octanol–water partition coefficient (Wildman–Crippen LogP) is 1.75. The minimum atomic E-state index is -1.08. The molecule has 8 heteroatoms. The molecule has 7 nitrogen and oxygen atoms in total. The van der Waals surface area contributed by atoms with Crippen LogP contribution >= 0.6 is 15.9 Å². The van der Waals surface area contributed by atoms with E-state index in [-0.39, 0.29) is 24.4 Å². The summed E-state index contributed by atoms with van der Waals surface area (Å²) in [5, 5.41) is 14.0. The molecule has 114 valence electrons. The summed E-state index contributed by atoms with van der Waals surface area (Å²) in [5.74, 6) is -1.17. The summed E-state index contributed by atoms with van der Waals surface area (Å²) >= 11 is 3.22. The van der Waals surface area contributed by atoms with Crippen LogP contribution in [-0.4, -0.2) is 48.6 Å². The third-order valence-electron chi connectivity index (χ3n) is 2.58. The van der Waals surface area contributed by atoms with E-state index >= 15 is 0 Å². The number of hydrogen-bond acceptors (Lipinski definition) is 3. The molecule has 0 aromatic heterocycles. The van der Waals surface area contributed by atoms with E-state index in [1.807, 2.05) is 0 Å². The largest absolute Gasteiger partial charge is 0.478 e. The second-order valence-corrected chi connectivity index (χ2v) is 5.27. The number of carboxylic acids is 1. The molecule has 0 unspecified atom stereocenters. The molecule has 0 aliphatic rings. The molecule has 3 N–H and O–H groups in total. The van der Waals surface area contributed by atoms with Gasteiger partial charge in [-0.25, -0.2) is 9.59 Å². The fraction of sp³-hybridized carbons (Fsp3) is 0.308. The lowest BCUT2D eigenvalue weighted by molar-refractivity contribution is -0.128. The van der Waals surface area contributed by atoms with Crippen molar-refractivity contribution in [2.75, 3.05) is 26.0 Å². The van der Waals surface area contributed by atoms with Crippen molar-refractivity contribution in [1.82, 2.24) is 10.2 Å². The summed E-state index contributed by atoms with van der Waals surface area (Å²) in [6.45, 7) is 0.194. The third kappa shape index (κ3) is 5.42. The molecule has 0 bridgehead atoms. The maximum absolute atomic E-state index is 11.7. The molecule has 3 amide bonds. The summed E-state index contributed by atoms with van der Waals surface area (Å²) in [4.78, 5) is 35.3. The molecular formula is C13H16BrN3O4. The lowest BCUT2D eigenvalue weighted by Crippen LogP contribution is -2.33. The first kappa shape index (κ1) is 17.0. The fourth-order valence-electron chi connectivity index (χ4n) is 1.43. The maximum atomic E-state index is 11.7. The minimum Gasteiger partial charge on any atom is -0.478 e. The van der Waals surface area contributed by atoms with Crippen molar-refractivity contribution < 1.29 is 19.5 Å². The molecule has 0 atom stereocenters. The average Bonchev–Trinajstić information content (AvgIpc) is 2.40. The number of rotatable bonds is 5. The number of halogens is 1. The monoisotopic (exact) mass is 357 g/mol. The molecule has 0 aliphatic carbocycles. The first-order valence-electron chi connectivity index (χ1n) is 6.09. The Labute approximate surface area is 130 Å². The summed E-state index contributed by atoms with van der Waals surface area (Å²) < 4.78 is 0.562. The fourth-order valence-corrected chi connectivity index (χ4v) is 1.77. The molecule has 21 heavy (non-hydrogen) atoms. The molecule has 0 radical (unpaired) electrons. The topological polar surface area (TPSA) is 98.7 Å². The standard InChI is InChI=1S/C13H16BrN3O4/c1-17(2)11(18)5-6-15-13(21)16-10-7-8(12(19)20)3-4-9(10)14/h3-4,7H,5-6H2,1-2H3,(H,19,20)(H2,15,16,21). The lowest BCUT2D eigenvalue weighted by Gasteiger charge is -2.12. The molecule has 0 spiro atoms. The highest BCUT2D eigenvalue weighted by Crippen LogP contribution is 2.23. The van der Waals surface area contributed by atoms with Crippen molar-refractivity contribution in [3.8, 4) is 0 Å². The van der Waals surface area contributed by atoms with E-state index in [0.29, 0.717) is 10.2 Å². The van der Waals surface area contributed by atoms with Crippen LogP contribution in [0.15, 0.2) is 22.7 Å². The first-order valence-corrected chi connectivity index (χ1v) is 6.88. The number of carbonyl (C=O) groups is 3. The molecular weight excluding hydrogens is 342 g/mol. The number of nitrogens with one attached hydrogen (secondary N) is 2. The van der Waals surface area contributed by atoms with Gasteiger partial charge in [0.2, 0.25) is 5.91 Å². The smallest absolute Gasteiger partial charge is 0.335 e. The van der Waals surface area contributed by atoms with Crippen LogP contribution in [0.25, 0.3) is 0 Å². The van der Waals surface area contributed by atoms with Crippen molar-refractivity contribution in [3.63, 3.8) is 0 Å². The Balaban J connectivity index is 2.57. The number of amides is 3. The Morgan fingerprint density at radius 1 is 1.29 bits per heavy atom. The lowest BCUT2D eigenvalue weighted by atomic mass is 10.2. The van der Waals surface area contributed by atoms with Gasteiger partial charge in [-0.3, -0.25) is 4.79 Å². The van der Waals surface area contributed by atoms with Crippen LogP contribution in [0, 0.1) is 0 Å². The Kier molecular flexibility index (Phi) is 6.16. The van der Waals surface area contributed by atoms with E-state index in [4.69, 9.17) is 5.11 Å². The van der Waals surface area contributed by atoms with Crippen LogP contribution in [0.4, 0.5) is 10.5 Å². The Hall–Kier alpha value is -2.09. The number of hydrogen-bond donors (Lipinski definition) is 3. The van der Waals surface area contributed by atoms with E-state index < -0.39 is 12.0 Å². The number of benzene rings is 1. The van der Waals surface area contributed by atoms with E-state index in [2.05, 4.69) is 26.6 Å². The maximum Gasteiger partial charge on any atom is 0.335 e. The van der Waals surface area contributed by atoms with Crippen molar-refractivity contribution >= 4 is 39.5 Å². The number of anilines is 1. The third-order valence-corrected chi connectivity index (χ3v) is 3.28. The molecule has 0 saturated carbocycles. The van der Waals surface area contributed by atoms with Gasteiger partial charge in [0.15, 0.2) is 0 Å². The van der Waals surface area contributed by atoms with Gasteiger partial charge >= 0.3 is 12.0 Å². The quantitative estimate of drug-likeness (QED) is 0.747. The van der Waals surface area contributed by atoms with Crippen LogP contribution in [0.1, 0.15) is 16.8 Å². The normalized spacial score (nSPS) is 9.86. The molecule has 0 fully saturated rings. The Morgan fingerprint density at radius 2 is 1.95 bits per heavy atom. The van der Waals surface area contributed by atoms with Crippen LogP contribution in [-0.2, 0) is 4.79 Å². The minimum absolute atomic E-state index is 0.0660. The van der Waals surface area contributed by atoms with Gasteiger partial charge in [0.1, 0.15) is 0 Å². The van der Waals surface area contributed by atoms with Gasteiger partial charge < -0.3 is 20.6 Å². The van der Waals surface area contributed by atoms with Gasteiger partial charge in [0, 0.05) is 31.5 Å². The van der Waals surface area contributed by atoms with E-state index in [0.717, 1.165) is 0 Å². The molecule has 0 heterocycles. The van der Waals surface area contributed by atoms with Gasteiger partial charge in [0.25, 0.3) is 0 Å². The summed E-state index contributed by atoms with van der Waals surface area (Å²) in [5.41, 5.74) is 0.405. The SMILES string of the molecule is CN(C)C(=O)CCNC(=O)Nc1cc(C(=O)O)ccc1Br. The zero-order valence-electron chi connectivity index (χ0n) is 11.6. The second kappa shape index (κ2) is 7.63. The Bertz CT molecular complexity index is 560. The molecule has 0 aliphatic heterocycles. The van der Waals surface area contributed by atoms with Crippen molar-refractivity contribution in [1.29, 1.82) is 0 Å². The molecule has 1 aromatic rings. The van der Waals surface area contributed by atoms with Crippen molar-refractivity contribution in [2.45, 2.75) is 6.42 Å². The van der Waals surface area contributed by atoms with Crippen LogP contribution in [0.3, 0.4) is 0 Å². The van der Waals surface area contributed by atoms with Gasteiger partial charge in [-0.1, -0.05) is 0 Å². The van der Waals surface area contributed by atoms with E-state index in [1.165, 1.54) is 23.1 Å². The number of urea groups is 1. The average molecular weight is 358 g/mol. The zero-order valence-corrected chi connectivity index (χ0v) is 13.2. The van der Waals surface area contributed by atoms with Crippen LogP contribution in [0.2, 0.25) is 0 Å². The summed E-state index contributed by atoms with van der Waals surface area (Å²) in [6, 6.07) is 3.79. The number of carbonyl (C=O) groups excluding carboxylic acids is 2. The highest BCUT2D eigenvalue weighted by atomic mass is 79.9. The van der Waals surface area contributed by atoms with Crippen LogP contribution in [0.5, 0.6) is 0 Å². The van der Waals surface area contributed by atoms with Crippen molar-refractivity contribution in [3.05, 3.63) is 28.2 Å². The second-order valence-electron chi connectivity index (χ2n) is 4.42. The van der Waals surface area contributed by atoms with Gasteiger partial charge in [0.05, 0.1) is 11.3 Å². The summed E-state index contributed by atoms with van der Waals surface area (Å²) in [7, 11) is 3.27. The number of aromatic carboxylic acids is 1. The Morgan fingerprint density at radius 3 is 2.52 bits per heavy atom. The van der Waals surface area contributed by atoms with Gasteiger partial charge in [-0.05, 0) is 34.1 Å². The van der Waals surface area contributed by atoms with Crippen molar-refractivity contribution in [2.24, 2.45) is 0 Å². The number of nitrogens with zero attached hydrogens (tertiary/aromatic N) is 1.